The van der Waals surface area contributed by atoms with Gasteiger partial charge in [-0.05, 0) is 84.0 Å². The van der Waals surface area contributed by atoms with E-state index in [-0.39, 0.29) is 0 Å². The van der Waals surface area contributed by atoms with Crippen molar-refractivity contribution in [3.05, 3.63) is 58.3 Å². The SMILES string of the molecule is CCCCOCCOCCc1ccsc1-c1ccc(-c2ccc(-c3sccc3CCOCCOCCCC)s2)s1. The Morgan fingerprint density at radius 2 is 0.875 bits per heavy atom. The molecule has 0 saturated carbocycles. The van der Waals surface area contributed by atoms with Gasteiger partial charge >= 0.3 is 0 Å². The first-order valence-electron chi connectivity index (χ1n) is 14.4. The van der Waals surface area contributed by atoms with Crippen LogP contribution in [0.25, 0.3) is 29.3 Å². The van der Waals surface area contributed by atoms with E-state index in [4.69, 9.17) is 18.9 Å². The Labute approximate surface area is 255 Å². The molecule has 0 aromatic carbocycles. The Morgan fingerprint density at radius 3 is 1.30 bits per heavy atom. The standard InChI is InChI=1S/C32H42O4S4/c1-3-5-15-33-19-21-35-17-11-25-13-23-37-31(25)29-9-7-27(39-29)28-8-10-30(40-28)32-26(14-24-38-32)12-18-36-22-20-34-16-6-4-2/h7-10,13-14,23-24H,3-6,11-12,15-22H2,1-2H3. The van der Waals surface area contributed by atoms with Gasteiger partial charge in [-0.15, -0.1) is 45.3 Å². The van der Waals surface area contributed by atoms with Crippen LogP contribution in [0.1, 0.15) is 50.7 Å². The summed E-state index contributed by atoms with van der Waals surface area (Å²) in [6.45, 7) is 10.2. The molecule has 4 heterocycles. The zero-order chi connectivity index (χ0) is 27.8. The third kappa shape index (κ3) is 9.88. The van der Waals surface area contributed by atoms with Crippen molar-refractivity contribution in [2.24, 2.45) is 0 Å². The molecular weight excluding hydrogens is 577 g/mol. The first-order valence-corrected chi connectivity index (χ1v) is 17.8. The molecule has 4 rings (SSSR count). The van der Waals surface area contributed by atoms with Gasteiger partial charge in [-0.25, -0.2) is 0 Å². The van der Waals surface area contributed by atoms with Gasteiger partial charge in [0.2, 0.25) is 0 Å². The lowest BCUT2D eigenvalue weighted by molar-refractivity contribution is 0.0479. The Balaban J connectivity index is 1.26. The number of ether oxygens (including phenoxy) is 4. The monoisotopic (exact) mass is 618 g/mol. The summed E-state index contributed by atoms with van der Waals surface area (Å²) in [5.74, 6) is 0. The fourth-order valence-electron chi connectivity index (χ4n) is 4.18. The van der Waals surface area contributed by atoms with Crippen LogP contribution in [-0.4, -0.2) is 52.9 Å². The van der Waals surface area contributed by atoms with Crippen LogP contribution >= 0.6 is 45.3 Å². The maximum Gasteiger partial charge on any atom is 0.0700 e. The summed E-state index contributed by atoms with van der Waals surface area (Å²) >= 11 is 7.42. The second kappa shape index (κ2) is 18.2. The molecule has 0 saturated heterocycles. The molecule has 4 nitrogen and oxygen atoms in total. The number of hydrogen-bond donors (Lipinski definition) is 0. The van der Waals surface area contributed by atoms with E-state index in [1.54, 1.807) is 0 Å². The molecule has 0 spiro atoms. The Morgan fingerprint density at radius 1 is 0.475 bits per heavy atom. The molecule has 218 valence electrons. The maximum atomic E-state index is 5.83. The van der Waals surface area contributed by atoms with Crippen LogP contribution in [0.15, 0.2) is 47.2 Å². The minimum absolute atomic E-state index is 0.667. The number of rotatable bonds is 21. The second-order valence-corrected chi connectivity index (χ2v) is 13.5. The fourth-order valence-corrected chi connectivity index (χ4v) is 8.52. The van der Waals surface area contributed by atoms with Crippen molar-refractivity contribution in [3.63, 3.8) is 0 Å². The van der Waals surface area contributed by atoms with Gasteiger partial charge in [0.05, 0.1) is 39.6 Å². The Hall–Kier alpha value is -1.36. The molecule has 0 N–H and O–H groups in total. The van der Waals surface area contributed by atoms with Crippen molar-refractivity contribution in [2.45, 2.75) is 52.4 Å². The molecule has 40 heavy (non-hydrogen) atoms. The number of thiophene rings is 4. The van der Waals surface area contributed by atoms with E-state index in [1.165, 1.54) is 53.2 Å². The maximum absolute atomic E-state index is 5.83. The van der Waals surface area contributed by atoms with Gasteiger partial charge in [0.1, 0.15) is 0 Å². The van der Waals surface area contributed by atoms with Gasteiger partial charge in [-0.1, -0.05) is 26.7 Å². The lowest BCUT2D eigenvalue weighted by atomic mass is 10.2. The topological polar surface area (TPSA) is 36.9 Å². The molecule has 0 bridgehead atoms. The molecule has 0 aliphatic carbocycles. The molecule has 4 aromatic rings. The van der Waals surface area contributed by atoms with Crippen LogP contribution in [0.3, 0.4) is 0 Å². The molecular formula is C32H42O4S4. The van der Waals surface area contributed by atoms with Gasteiger partial charge in [-0.3, -0.25) is 0 Å². The molecule has 4 aromatic heterocycles. The zero-order valence-corrected chi connectivity index (χ0v) is 27.1. The van der Waals surface area contributed by atoms with Gasteiger partial charge < -0.3 is 18.9 Å². The molecule has 0 aliphatic rings. The van der Waals surface area contributed by atoms with Crippen molar-refractivity contribution in [2.75, 3.05) is 52.9 Å². The molecule has 0 unspecified atom stereocenters. The molecule has 0 amide bonds. The van der Waals surface area contributed by atoms with E-state index in [2.05, 4.69) is 61.0 Å². The molecule has 0 fully saturated rings. The third-order valence-electron chi connectivity index (χ3n) is 6.46. The highest BCUT2D eigenvalue weighted by atomic mass is 32.1. The van der Waals surface area contributed by atoms with E-state index in [1.807, 2.05) is 45.3 Å². The van der Waals surface area contributed by atoms with Crippen LogP contribution in [0.5, 0.6) is 0 Å². The van der Waals surface area contributed by atoms with Gasteiger partial charge in [0, 0.05) is 42.5 Å². The van der Waals surface area contributed by atoms with Crippen molar-refractivity contribution in [3.8, 4) is 29.3 Å². The lowest BCUT2D eigenvalue weighted by Crippen LogP contribution is -2.07. The summed E-state index contributed by atoms with van der Waals surface area (Å²) in [5.41, 5.74) is 2.74. The lowest BCUT2D eigenvalue weighted by Gasteiger charge is -2.06. The highest BCUT2D eigenvalue weighted by Gasteiger charge is 2.14. The predicted molar refractivity (Wildman–Crippen MR) is 175 cm³/mol. The van der Waals surface area contributed by atoms with Crippen LogP contribution in [-0.2, 0) is 31.8 Å². The molecule has 0 aliphatic heterocycles. The zero-order valence-electron chi connectivity index (χ0n) is 23.8. The van der Waals surface area contributed by atoms with Crippen molar-refractivity contribution in [1.82, 2.24) is 0 Å². The number of hydrogen-bond acceptors (Lipinski definition) is 8. The van der Waals surface area contributed by atoms with E-state index >= 15 is 0 Å². The third-order valence-corrected chi connectivity index (χ3v) is 11.1. The molecule has 0 atom stereocenters. The summed E-state index contributed by atoms with van der Waals surface area (Å²) in [6.07, 6.45) is 6.44. The minimum atomic E-state index is 0.667. The van der Waals surface area contributed by atoms with Crippen LogP contribution < -0.4 is 0 Å². The molecule has 0 radical (unpaired) electrons. The predicted octanol–water partition coefficient (Wildman–Crippen LogP) is 9.69. The van der Waals surface area contributed by atoms with Crippen molar-refractivity contribution < 1.29 is 18.9 Å². The highest BCUT2D eigenvalue weighted by Crippen LogP contribution is 2.43. The fraction of sp³-hybridized carbons (Fsp3) is 0.500. The van der Waals surface area contributed by atoms with E-state index in [9.17, 15) is 0 Å². The average Bonchev–Trinajstić information content (AvgIpc) is 3.78. The van der Waals surface area contributed by atoms with E-state index < -0.39 is 0 Å². The largest absolute Gasteiger partial charge is 0.379 e. The number of unbranched alkanes of at least 4 members (excludes halogenated alkanes) is 2. The highest BCUT2D eigenvalue weighted by molar-refractivity contribution is 7.28. The van der Waals surface area contributed by atoms with Gasteiger partial charge in [0.25, 0.3) is 0 Å². The van der Waals surface area contributed by atoms with Gasteiger partial charge in [0.15, 0.2) is 0 Å². The first-order chi connectivity index (χ1) is 19.8. The normalized spacial score (nSPS) is 11.6. The average molecular weight is 619 g/mol. The van der Waals surface area contributed by atoms with Crippen LogP contribution in [0.4, 0.5) is 0 Å². The summed E-state index contributed by atoms with van der Waals surface area (Å²) in [4.78, 5) is 8.07. The minimum Gasteiger partial charge on any atom is -0.379 e. The second-order valence-electron chi connectivity index (χ2n) is 9.53. The van der Waals surface area contributed by atoms with E-state index in [0.717, 1.165) is 52.1 Å². The van der Waals surface area contributed by atoms with Crippen LogP contribution in [0.2, 0.25) is 0 Å². The smallest absolute Gasteiger partial charge is 0.0700 e. The Bertz CT molecular complexity index is 1130. The summed E-state index contributed by atoms with van der Waals surface area (Å²) in [5, 5.41) is 4.39. The summed E-state index contributed by atoms with van der Waals surface area (Å²) < 4.78 is 22.8. The van der Waals surface area contributed by atoms with Crippen LogP contribution in [0, 0.1) is 0 Å². The molecule has 8 heteroatoms. The van der Waals surface area contributed by atoms with Gasteiger partial charge in [-0.2, -0.15) is 0 Å². The van der Waals surface area contributed by atoms with Crippen molar-refractivity contribution in [1.29, 1.82) is 0 Å². The van der Waals surface area contributed by atoms with Crippen molar-refractivity contribution >= 4 is 45.3 Å². The quantitative estimate of drug-likeness (QED) is 0.0872. The van der Waals surface area contributed by atoms with E-state index in [0.29, 0.717) is 26.4 Å². The Kier molecular flexibility index (Phi) is 14.4. The summed E-state index contributed by atoms with van der Waals surface area (Å²) in [6, 6.07) is 13.6. The summed E-state index contributed by atoms with van der Waals surface area (Å²) in [7, 11) is 0. The first kappa shape index (κ1) is 31.6.